The third-order valence-corrected chi connectivity index (χ3v) is 0.872. The van der Waals surface area contributed by atoms with Crippen LogP contribution in [0.1, 0.15) is 0 Å². The van der Waals surface area contributed by atoms with Crippen molar-refractivity contribution in [1.82, 2.24) is 5.48 Å². The number of hydrogen-bond acceptors (Lipinski definition) is 4. The van der Waals surface area contributed by atoms with Crippen LogP contribution in [0.15, 0.2) is 12.2 Å². The van der Waals surface area contributed by atoms with Gasteiger partial charge in [-0.1, -0.05) is 6.58 Å². The average Bonchev–Trinajstić information content (AvgIpc) is 1.87. The molecule has 0 fully saturated rings. The zero-order valence-electron chi connectivity index (χ0n) is 5.05. The first-order valence-electron chi connectivity index (χ1n) is 2.50. The van der Waals surface area contributed by atoms with E-state index >= 15 is 0 Å². The molecule has 0 aromatic rings. The summed E-state index contributed by atoms with van der Waals surface area (Å²) in [7, 11) is 0. The molecule has 0 amide bonds. The second kappa shape index (κ2) is 4.20. The molecule has 4 heteroatoms. The van der Waals surface area contributed by atoms with E-state index in [1.807, 2.05) is 0 Å². The van der Waals surface area contributed by atoms with Gasteiger partial charge in [0.05, 0.1) is 6.54 Å². The van der Waals surface area contributed by atoms with E-state index in [1.165, 1.54) is 0 Å². The first-order valence-corrected chi connectivity index (χ1v) is 2.50. The fraction of sp³-hybridized carbons (Fsp3) is 0.400. The molecule has 0 saturated heterocycles. The molecule has 0 radical (unpaired) electrons. The van der Waals surface area contributed by atoms with Gasteiger partial charge in [0.1, 0.15) is 0 Å². The maximum Gasteiger partial charge on any atom is 0.173 e. The van der Waals surface area contributed by atoms with Crippen LogP contribution in [-0.4, -0.2) is 24.1 Å². The molecule has 0 aromatic heterocycles. The molecule has 4 nitrogen and oxygen atoms in total. The number of carbonyl (C=O) groups is 1. The topological polar surface area (TPSA) is 75.3 Å². The highest BCUT2D eigenvalue weighted by Crippen LogP contribution is 1.86. The molecule has 0 heterocycles. The molecule has 52 valence electrons. The van der Waals surface area contributed by atoms with Gasteiger partial charge in [-0.15, -0.1) is 0 Å². The normalized spacial score (nSPS) is 9.11. The van der Waals surface area contributed by atoms with E-state index in [4.69, 9.17) is 10.9 Å². The van der Waals surface area contributed by atoms with Crippen molar-refractivity contribution in [1.29, 1.82) is 0 Å². The van der Waals surface area contributed by atoms with E-state index in [0.29, 0.717) is 5.57 Å². The molecule has 9 heavy (non-hydrogen) atoms. The summed E-state index contributed by atoms with van der Waals surface area (Å²) < 4.78 is 0. The van der Waals surface area contributed by atoms with Crippen molar-refractivity contribution < 1.29 is 10.0 Å². The average molecular weight is 130 g/mol. The third-order valence-electron chi connectivity index (χ3n) is 0.872. The Balaban J connectivity index is 3.60. The van der Waals surface area contributed by atoms with Gasteiger partial charge in [-0.3, -0.25) is 4.79 Å². The molecule has 0 aliphatic heterocycles. The Labute approximate surface area is 53.3 Å². The van der Waals surface area contributed by atoms with Gasteiger partial charge >= 0.3 is 0 Å². The van der Waals surface area contributed by atoms with Gasteiger partial charge in [-0.05, 0) is 0 Å². The van der Waals surface area contributed by atoms with Crippen LogP contribution in [0.2, 0.25) is 0 Å². The number of hydroxylamine groups is 1. The predicted octanol–water partition coefficient (Wildman–Crippen LogP) is -0.951. The van der Waals surface area contributed by atoms with E-state index < -0.39 is 0 Å². The van der Waals surface area contributed by atoms with Crippen molar-refractivity contribution in [2.45, 2.75) is 0 Å². The summed E-state index contributed by atoms with van der Waals surface area (Å²) in [5, 5.41) is 8.08. The van der Waals surface area contributed by atoms with Gasteiger partial charge in [-0.25, -0.2) is 5.48 Å². The second-order valence-corrected chi connectivity index (χ2v) is 1.57. The molecule has 0 saturated carbocycles. The summed E-state index contributed by atoms with van der Waals surface area (Å²) in [6, 6.07) is 0. The van der Waals surface area contributed by atoms with Crippen LogP contribution < -0.4 is 11.2 Å². The third kappa shape index (κ3) is 2.97. The molecular formula is C5H10N2O2. The summed E-state index contributed by atoms with van der Waals surface area (Å²) >= 11 is 0. The molecule has 0 aromatic carbocycles. The van der Waals surface area contributed by atoms with E-state index in [-0.39, 0.29) is 18.9 Å². The summed E-state index contributed by atoms with van der Waals surface area (Å²) in [4.78, 5) is 10.5. The maximum absolute atomic E-state index is 10.5. The van der Waals surface area contributed by atoms with E-state index in [0.717, 1.165) is 0 Å². The molecule has 0 atom stereocenters. The Kier molecular flexibility index (Phi) is 3.87. The van der Waals surface area contributed by atoms with Gasteiger partial charge in [0, 0.05) is 12.1 Å². The lowest BCUT2D eigenvalue weighted by molar-refractivity contribution is -0.114. The Hall–Kier alpha value is -0.710. The Morgan fingerprint density at radius 3 is 2.67 bits per heavy atom. The lowest BCUT2D eigenvalue weighted by Gasteiger charge is -1.98. The Morgan fingerprint density at radius 1 is 1.78 bits per heavy atom. The molecule has 0 aliphatic rings. The van der Waals surface area contributed by atoms with Gasteiger partial charge in [0.25, 0.3) is 0 Å². The highest BCUT2D eigenvalue weighted by atomic mass is 16.5. The quantitative estimate of drug-likeness (QED) is 0.339. The standard InChI is InChI=1S/C5H10N2O2/c1-4(3-7-9)5(8)2-6/h7,9H,1-3,6H2. The van der Waals surface area contributed by atoms with Crippen LogP contribution in [0, 0.1) is 0 Å². The van der Waals surface area contributed by atoms with Crippen LogP contribution >= 0.6 is 0 Å². The molecule has 0 spiro atoms. The number of Topliss-reactive ketones (excluding diaryl/α,β-unsaturated/α-hetero) is 1. The second-order valence-electron chi connectivity index (χ2n) is 1.57. The minimum atomic E-state index is -0.239. The van der Waals surface area contributed by atoms with Gasteiger partial charge in [0.2, 0.25) is 0 Å². The predicted molar refractivity (Wildman–Crippen MR) is 33.0 cm³/mol. The van der Waals surface area contributed by atoms with Crippen molar-refractivity contribution in [2.24, 2.45) is 5.73 Å². The minimum Gasteiger partial charge on any atom is -0.324 e. The van der Waals surface area contributed by atoms with Crippen LogP contribution in [0.4, 0.5) is 0 Å². The van der Waals surface area contributed by atoms with Crippen molar-refractivity contribution in [3.8, 4) is 0 Å². The van der Waals surface area contributed by atoms with Gasteiger partial charge < -0.3 is 10.9 Å². The fourth-order valence-corrected chi connectivity index (χ4v) is 0.338. The monoisotopic (exact) mass is 130 g/mol. The Morgan fingerprint density at radius 2 is 2.33 bits per heavy atom. The van der Waals surface area contributed by atoms with E-state index in [1.54, 1.807) is 5.48 Å². The van der Waals surface area contributed by atoms with Crippen LogP contribution in [-0.2, 0) is 4.79 Å². The molecule has 0 aliphatic carbocycles. The lowest BCUT2D eigenvalue weighted by atomic mass is 10.2. The van der Waals surface area contributed by atoms with Crippen LogP contribution in [0.5, 0.6) is 0 Å². The maximum atomic E-state index is 10.5. The fourth-order valence-electron chi connectivity index (χ4n) is 0.338. The smallest absolute Gasteiger partial charge is 0.173 e. The van der Waals surface area contributed by atoms with E-state index in [2.05, 4.69) is 6.58 Å². The number of hydrogen-bond donors (Lipinski definition) is 3. The molecule has 0 unspecified atom stereocenters. The number of rotatable bonds is 4. The molecular weight excluding hydrogens is 120 g/mol. The van der Waals surface area contributed by atoms with Crippen LogP contribution in [0.25, 0.3) is 0 Å². The van der Waals surface area contributed by atoms with Crippen molar-refractivity contribution in [3.63, 3.8) is 0 Å². The van der Waals surface area contributed by atoms with Crippen LogP contribution in [0.3, 0.4) is 0 Å². The van der Waals surface area contributed by atoms with Gasteiger partial charge in [0.15, 0.2) is 5.78 Å². The first kappa shape index (κ1) is 8.29. The molecule has 0 bridgehead atoms. The highest BCUT2D eigenvalue weighted by molar-refractivity contribution is 5.96. The lowest BCUT2D eigenvalue weighted by Crippen LogP contribution is -2.22. The van der Waals surface area contributed by atoms with Crippen molar-refractivity contribution >= 4 is 5.78 Å². The number of nitrogens with one attached hydrogen (secondary N) is 1. The van der Waals surface area contributed by atoms with Crippen molar-refractivity contribution in [3.05, 3.63) is 12.2 Å². The van der Waals surface area contributed by atoms with Gasteiger partial charge in [-0.2, -0.15) is 0 Å². The van der Waals surface area contributed by atoms with Crippen molar-refractivity contribution in [2.75, 3.05) is 13.1 Å². The number of nitrogens with two attached hydrogens (primary N) is 1. The minimum absolute atomic E-state index is 0.0550. The zero-order valence-corrected chi connectivity index (χ0v) is 5.05. The van der Waals surface area contributed by atoms with E-state index in [9.17, 15) is 4.79 Å². The summed E-state index contributed by atoms with van der Waals surface area (Å²) in [5.74, 6) is -0.239. The summed E-state index contributed by atoms with van der Waals surface area (Å²) in [6.07, 6.45) is 0. The molecule has 4 N–H and O–H groups in total. The zero-order chi connectivity index (χ0) is 7.28. The Bertz CT molecular complexity index is 122. The number of ketones is 1. The summed E-state index contributed by atoms with van der Waals surface area (Å²) in [6.45, 7) is 3.39. The highest BCUT2D eigenvalue weighted by Gasteiger charge is 2.01. The SMILES string of the molecule is C=C(CNO)C(=O)CN. The first-order chi connectivity index (χ1) is 4.22. The summed E-state index contributed by atoms with van der Waals surface area (Å²) in [5.41, 5.74) is 7.08. The largest absolute Gasteiger partial charge is 0.324 e. The molecule has 0 rings (SSSR count). The number of carbonyl (C=O) groups excluding carboxylic acids is 1.